The molecule has 25 heavy (non-hydrogen) atoms. The van der Waals surface area contributed by atoms with Crippen LogP contribution in [-0.2, 0) is 0 Å². The molecule has 1 saturated heterocycles. The highest BCUT2D eigenvalue weighted by Gasteiger charge is 2.24. The van der Waals surface area contributed by atoms with E-state index in [1.807, 2.05) is 11.9 Å². The van der Waals surface area contributed by atoms with Crippen molar-refractivity contribution in [2.45, 2.75) is 6.92 Å². The van der Waals surface area contributed by atoms with Gasteiger partial charge < -0.3 is 15.5 Å². The molecule has 1 heterocycles. The van der Waals surface area contributed by atoms with E-state index in [4.69, 9.17) is 16.4 Å². The molecule has 0 amide bonds. The second-order valence-corrected chi connectivity index (χ2v) is 5.80. The van der Waals surface area contributed by atoms with Crippen LogP contribution in [0.2, 0.25) is 0 Å². The third-order valence-electron chi connectivity index (χ3n) is 4.01. The van der Waals surface area contributed by atoms with Crippen LogP contribution in [0.15, 0.2) is 17.2 Å². The SMILES string of the molecule is Cc1cc([N+](=O)[O-])c(N2CCN(C)CC2)cc1N/N=C(\C#N)C(=N)N. The predicted octanol–water partition coefficient (Wildman–Crippen LogP) is 0.882. The average molecular weight is 344 g/mol. The maximum atomic E-state index is 11.4. The number of aryl methyl sites for hydroxylation is 1. The van der Waals surface area contributed by atoms with E-state index in [2.05, 4.69) is 15.4 Å². The molecule has 2 rings (SSSR count). The van der Waals surface area contributed by atoms with E-state index < -0.39 is 10.8 Å². The largest absolute Gasteiger partial charge is 0.382 e. The fraction of sp³-hybridized carbons (Fsp3) is 0.400. The average Bonchev–Trinajstić information content (AvgIpc) is 2.56. The zero-order valence-corrected chi connectivity index (χ0v) is 14.1. The summed E-state index contributed by atoms with van der Waals surface area (Å²) in [4.78, 5) is 15.1. The Morgan fingerprint density at radius 3 is 2.60 bits per heavy atom. The van der Waals surface area contributed by atoms with Crippen molar-refractivity contribution < 1.29 is 4.92 Å². The Balaban J connectivity index is 2.39. The fourth-order valence-corrected chi connectivity index (χ4v) is 2.51. The molecule has 10 nitrogen and oxygen atoms in total. The van der Waals surface area contributed by atoms with Crippen LogP contribution in [0.3, 0.4) is 0 Å². The van der Waals surface area contributed by atoms with Gasteiger partial charge in [-0.05, 0) is 25.6 Å². The highest BCUT2D eigenvalue weighted by molar-refractivity contribution is 6.45. The Labute approximate surface area is 145 Å². The quantitative estimate of drug-likeness (QED) is 0.311. The Kier molecular flexibility index (Phi) is 5.51. The molecule has 1 aliphatic heterocycles. The van der Waals surface area contributed by atoms with Gasteiger partial charge in [0.15, 0.2) is 5.84 Å². The van der Waals surface area contributed by atoms with Crippen molar-refractivity contribution in [3.63, 3.8) is 0 Å². The van der Waals surface area contributed by atoms with Crippen LogP contribution >= 0.6 is 0 Å². The summed E-state index contributed by atoms with van der Waals surface area (Å²) in [5.41, 5.74) is 9.36. The van der Waals surface area contributed by atoms with Gasteiger partial charge in [-0.1, -0.05) is 0 Å². The van der Waals surface area contributed by atoms with Crippen LogP contribution in [0.4, 0.5) is 17.1 Å². The first-order valence-electron chi connectivity index (χ1n) is 7.64. The van der Waals surface area contributed by atoms with E-state index in [9.17, 15) is 10.1 Å². The zero-order valence-electron chi connectivity index (χ0n) is 14.1. The zero-order chi connectivity index (χ0) is 18.6. The number of nitriles is 1. The lowest BCUT2D eigenvalue weighted by atomic mass is 10.1. The third-order valence-corrected chi connectivity index (χ3v) is 4.01. The van der Waals surface area contributed by atoms with Crippen molar-refractivity contribution in [3.05, 3.63) is 27.8 Å². The van der Waals surface area contributed by atoms with E-state index >= 15 is 0 Å². The monoisotopic (exact) mass is 344 g/mol. The molecule has 0 bridgehead atoms. The van der Waals surface area contributed by atoms with Gasteiger partial charge in [0, 0.05) is 32.2 Å². The molecule has 1 aliphatic rings. The molecule has 132 valence electrons. The van der Waals surface area contributed by atoms with Crippen molar-refractivity contribution in [2.75, 3.05) is 43.6 Å². The van der Waals surface area contributed by atoms with Crippen LogP contribution < -0.4 is 16.1 Å². The van der Waals surface area contributed by atoms with Crippen molar-refractivity contribution in [1.29, 1.82) is 10.7 Å². The van der Waals surface area contributed by atoms with Crippen LogP contribution in [0.5, 0.6) is 0 Å². The summed E-state index contributed by atoms with van der Waals surface area (Å²) in [6.45, 7) is 4.70. The number of likely N-dealkylation sites (N-methyl/N-ethyl adjacent to an activating group) is 1. The molecule has 0 radical (unpaired) electrons. The summed E-state index contributed by atoms with van der Waals surface area (Å²) in [5, 5.41) is 31.4. The van der Waals surface area contributed by atoms with Crippen LogP contribution in [0.1, 0.15) is 5.56 Å². The molecule has 0 spiro atoms. The summed E-state index contributed by atoms with van der Waals surface area (Å²) < 4.78 is 0. The Hall–Kier alpha value is -3.19. The topological polar surface area (TPSA) is 148 Å². The van der Waals surface area contributed by atoms with Crippen molar-refractivity contribution in [2.24, 2.45) is 10.8 Å². The van der Waals surface area contributed by atoms with Crippen molar-refractivity contribution in [1.82, 2.24) is 4.90 Å². The normalized spacial score (nSPS) is 15.6. The van der Waals surface area contributed by atoms with Gasteiger partial charge in [0.05, 0.1) is 10.6 Å². The number of benzene rings is 1. The van der Waals surface area contributed by atoms with E-state index in [1.54, 1.807) is 19.1 Å². The second kappa shape index (κ2) is 7.59. The number of anilines is 2. The van der Waals surface area contributed by atoms with Gasteiger partial charge in [-0.2, -0.15) is 10.4 Å². The minimum atomic E-state index is -0.450. The van der Waals surface area contributed by atoms with Gasteiger partial charge in [-0.15, -0.1) is 0 Å². The molecule has 10 heteroatoms. The summed E-state index contributed by atoms with van der Waals surface area (Å²) >= 11 is 0. The lowest BCUT2D eigenvalue weighted by Gasteiger charge is -2.34. The summed E-state index contributed by atoms with van der Waals surface area (Å²) in [5.74, 6) is -0.450. The number of amidine groups is 1. The first-order chi connectivity index (χ1) is 11.8. The number of nitrogens with two attached hydrogens (primary N) is 1. The van der Waals surface area contributed by atoms with Gasteiger partial charge in [-0.25, -0.2) is 0 Å². The van der Waals surface area contributed by atoms with Gasteiger partial charge in [-0.3, -0.25) is 20.9 Å². The molecule has 1 aromatic carbocycles. The van der Waals surface area contributed by atoms with Gasteiger partial charge in [0.1, 0.15) is 11.8 Å². The maximum absolute atomic E-state index is 11.4. The van der Waals surface area contributed by atoms with E-state index in [1.165, 1.54) is 6.07 Å². The van der Waals surface area contributed by atoms with Crippen molar-refractivity contribution >= 4 is 28.6 Å². The Morgan fingerprint density at radius 2 is 2.08 bits per heavy atom. The Morgan fingerprint density at radius 1 is 1.44 bits per heavy atom. The van der Waals surface area contributed by atoms with Gasteiger partial charge >= 0.3 is 0 Å². The molecular weight excluding hydrogens is 324 g/mol. The highest BCUT2D eigenvalue weighted by atomic mass is 16.6. The minimum absolute atomic E-state index is 0.0312. The molecule has 0 unspecified atom stereocenters. The maximum Gasteiger partial charge on any atom is 0.292 e. The molecule has 1 aromatic rings. The van der Waals surface area contributed by atoms with Crippen LogP contribution in [-0.4, -0.2) is 54.6 Å². The third kappa shape index (κ3) is 4.21. The molecule has 0 saturated carbocycles. The first-order valence-corrected chi connectivity index (χ1v) is 7.64. The number of nitrogens with one attached hydrogen (secondary N) is 2. The minimum Gasteiger partial charge on any atom is -0.382 e. The molecule has 0 aromatic heterocycles. The first kappa shape index (κ1) is 18.2. The van der Waals surface area contributed by atoms with Crippen molar-refractivity contribution in [3.8, 4) is 6.07 Å². The molecule has 4 N–H and O–H groups in total. The summed E-state index contributed by atoms with van der Waals surface area (Å²) in [6, 6.07) is 4.85. The molecular formula is C15H20N8O2. The number of hydrogen-bond acceptors (Lipinski definition) is 8. The number of nitrogens with zero attached hydrogens (tertiary/aromatic N) is 5. The molecule has 0 aliphatic carbocycles. The molecule has 1 fully saturated rings. The lowest BCUT2D eigenvalue weighted by molar-refractivity contribution is -0.384. The lowest BCUT2D eigenvalue weighted by Crippen LogP contribution is -2.44. The number of hydrazone groups is 1. The van der Waals surface area contributed by atoms with E-state index in [0.717, 1.165) is 13.1 Å². The Bertz CT molecular complexity index is 760. The number of hydrogen-bond donors (Lipinski definition) is 3. The number of nitro benzene ring substituents is 1. The van der Waals surface area contributed by atoms with Gasteiger partial charge in [0.25, 0.3) is 5.69 Å². The predicted molar refractivity (Wildman–Crippen MR) is 96.1 cm³/mol. The van der Waals surface area contributed by atoms with E-state index in [0.29, 0.717) is 30.0 Å². The summed E-state index contributed by atoms with van der Waals surface area (Å²) in [6.07, 6.45) is 0. The van der Waals surface area contributed by atoms with Crippen LogP contribution in [0, 0.1) is 33.8 Å². The number of nitro groups is 1. The smallest absolute Gasteiger partial charge is 0.292 e. The van der Waals surface area contributed by atoms with Crippen LogP contribution in [0.25, 0.3) is 0 Å². The number of piperazine rings is 1. The summed E-state index contributed by atoms with van der Waals surface area (Å²) in [7, 11) is 2.01. The van der Waals surface area contributed by atoms with Gasteiger partial charge in [0.2, 0.25) is 5.71 Å². The second-order valence-electron chi connectivity index (χ2n) is 5.80. The van der Waals surface area contributed by atoms with E-state index in [-0.39, 0.29) is 11.4 Å². The fourth-order valence-electron chi connectivity index (χ4n) is 2.51. The number of rotatable bonds is 5. The molecule has 0 atom stereocenters. The highest BCUT2D eigenvalue weighted by Crippen LogP contribution is 2.34. The standard InChI is InChI=1S/C15H20N8O2/c1-10-7-14(23(24)25)13(22-5-3-21(2)4-6-22)8-11(10)19-20-12(9-16)15(17)18/h7-8,19H,3-6H2,1-2H3,(H3,17,18)/b20-12+.